The number of hydrogen-bond acceptors (Lipinski definition) is 5. The molecule has 0 aliphatic heterocycles. The van der Waals surface area contributed by atoms with Gasteiger partial charge in [0.1, 0.15) is 10.6 Å². The molecule has 2 rings (SSSR count). The fourth-order valence-corrected chi connectivity index (χ4v) is 2.99. The Labute approximate surface area is 127 Å². The lowest BCUT2D eigenvalue weighted by Crippen LogP contribution is -2.25. The summed E-state index contributed by atoms with van der Waals surface area (Å²) in [5.74, 6) is 1.07. The van der Waals surface area contributed by atoms with E-state index in [2.05, 4.69) is 29.1 Å². The van der Waals surface area contributed by atoms with Crippen molar-refractivity contribution in [2.75, 3.05) is 30.4 Å². The van der Waals surface area contributed by atoms with Crippen molar-refractivity contribution >= 4 is 33.3 Å². The highest BCUT2D eigenvalue weighted by Gasteiger charge is 2.17. The van der Waals surface area contributed by atoms with Gasteiger partial charge in [-0.25, -0.2) is 13.8 Å². The van der Waals surface area contributed by atoms with Crippen LogP contribution < -0.4 is 10.2 Å². The first-order valence-corrected chi connectivity index (χ1v) is 7.90. The van der Waals surface area contributed by atoms with Crippen molar-refractivity contribution in [3.8, 4) is 0 Å². The molecule has 0 fully saturated rings. The number of rotatable bonds is 7. The lowest BCUT2D eigenvalue weighted by molar-refractivity contribution is 0.156. The standard InChI is InChI=1S/C14H20F2N4S/c1-4-6-17-14-18-12(20(3)8-11(15)16)10-7-9(5-2)21-13(10)19-14/h7,11H,4-6,8H2,1-3H3,(H,17,18,19). The van der Waals surface area contributed by atoms with Gasteiger partial charge >= 0.3 is 0 Å². The average Bonchev–Trinajstić information content (AvgIpc) is 2.86. The number of halogens is 2. The van der Waals surface area contributed by atoms with E-state index in [1.807, 2.05) is 6.07 Å². The van der Waals surface area contributed by atoms with E-state index in [4.69, 9.17) is 0 Å². The molecular weight excluding hydrogens is 294 g/mol. The summed E-state index contributed by atoms with van der Waals surface area (Å²) in [6, 6.07) is 2.00. The molecule has 0 radical (unpaired) electrons. The van der Waals surface area contributed by atoms with Gasteiger partial charge in [-0.05, 0) is 18.9 Å². The van der Waals surface area contributed by atoms with E-state index in [9.17, 15) is 8.78 Å². The Morgan fingerprint density at radius 3 is 2.71 bits per heavy atom. The SMILES string of the molecule is CCCNc1nc(N(C)CC(F)F)c2cc(CC)sc2n1. The molecule has 0 amide bonds. The molecule has 2 aromatic rings. The predicted octanol–water partition coefficient (Wildman–Crippen LogP) is 3.78. The lowest BCUT2D eigenvalue weighted by Gasteiger charge is -2.19. The van der Waals surface area contributed by atoms with Crippen molar-refractivity contribution in [3.63, 3.8) is 0 Å². The molecule has 0 atom stereocenters. The summed E-state index contributed by atoms with van der Waals surface area (Å²) < 4.78 is 25.3. The number of fused-ring (bicyclic) bond motifs is 1. The number of nitrogens with one attached hydrogen (secondary N) is 1. The van der Waals surface area contributed by atoms with Crippen LogP contribution in [-0.2, 0) is 6.42 Å². The van der Waals surface area contributed by atoms with Gasteiger partial charge in [0.2, 0.25) is 5.95 Å². The van der Waals surface area contributed by atoms with Gasteiger partial charge in [0.15, 0.2) is 0 Å². The first-order valence-electron chi connectivity index (χ1n) is 7.08. The van der Waals surface area contributed by atoms with Gasteiger partial charge in [0.05, 0.1) is 11.9 Å². The van der Waals surface area contributed by atoms with Crippen LogP contribution in [0.4, 0.5) is 20.5 Å². The molecule has 0 aromatic carbocycles. The van der Waals surface area contributed by atoms with E-state index in [1.54, 1.807) is 18.4 Å². The molecule has 0 aliphatic carbocycles. The second-order valence-corrected chi connectivity index (χ2v) is 5.97. The van der Waals surface area contributed by atoms with Crippen molar-refractivity contribution in [1.29, 1.82) is 0 Å². The highest BCUT2D eigenvalue weighted by Crippen LogP contribution is 2.32. The highest BCUT2D eigenvalue weighted by molar-refractivity contribution is 7.18. The summed E-state index contributed by atoms with van der Waals surface area (Å²) in [5, 5.41) is 3.98. The highest BCUT2D eigenvalue weighted by atomic mass is 32.1. The van der Waals surface area contributed by atoms with Gasteiger partial charge in [0.25, 0.3) is 6.43 Å². The van der Waals surface area contributed by atoms with Crippen molar-refractivity contribution in [2.45, 2.75) is 33.1 Å². The zero-order valence-electron chi connectivity index (χ0n) is 12.5. The third kappa shape index (κ3) is 3.78. The average molecular weight is 314 g/mol. The van der Waals surface area contributed by atoms with Crippen molar-refractivity contribution in [1.82, 2.24) is 9.97 Å². The number of alkyl halides is 2. The first kappa shape index (κ1) is 15.9. The number of thiophene rings is 1. The summed E-state index contributed by atoms with van der Waals surface area (Å²) in [5.41, 5.74) is 0. The molecule has 21 heavy (non-hydrogen) atoms. The van der Waals surface area contributed by atoms with Gasteiger partial charge in [-0.1, -0.05) is 13.8 Å². The number of aryl methyl sites for hydroxylation is 1. The Kier molecular flexibility index (Phi) is 5.27. The van der Waals surface area contributed by atoms with Crippen molar-refractivity contribution in [2.24, 2.45) is 0 Å². The van der Waals surface area contributed by atoms with E-state index in [0.717, 1.165) is 29.6 Å². The number of aromatic nitrogens is 2. The van der Waals surface area contributed by atoms with Gasteiger partial charge < -0.3 is 10.2 Å². The van der Waals surface area contributed by atoms with Crippen molar-refractivity contribution < 1.29 is 8.78 Å². The number of hydrogen-bond donors (Lipinski definition) is 1. The predicted molar refractivity (Wildman–Crippen MR) is 84.8 cm³/mol. The van der Waals surface area contributed by atoms with Gasteiger partial charge in [-0.15, -0.1) is 11.3 Å². The van der Waals surface area contributed by atoms with Crippen LogP contribution in [0.15, 0.2) is 6.07 Å². The molecule has 0 spiro atoms. The molecule has 2 heterocycles. The largest absolute Gasteiger partial charge is 0.354 e. The van der Waals surface area contributed by atoms with Gasteiger partial charge in [0, 0.05) is 18.5 Å². The van der Waals surface area contributed by atoms with Crippen LogP contribution in [0.2, 0.25) is 0 Å². The molecule has 4 nitrogen and oxygen atoms in total. The summed E-state index contributed by atoms with van der Waals surface area (Å²) in [7, 11) is 1.64. The molecule has 0 saturated carbocycles. The number of nitrogens with zero attached hydrogens (tertiary/aromatic N) is 3. The van der Waals surface area contributed by atoms with Gasteiger partial charge in [-0.2, -0.15) is 4.98 Å². The van der Waals surface area contributed by atoms with E-state index in [0.29, 0.717) is 11.8 Å². The van der Waals surface area contributed by atoms with Crippen LogP contribution in [-0.4, -0.2) is 36.5 Å². The maximum atomic E-state index is 12.6. The minimum Gasteiger partial charge on any atom is -0.354 e. The Morgan fingerprint density at radius 2 is 2.10 bits per heavy atom. The zero-order chi connectivity index (χ0) is 15.4. The Bertz CT molecular complexity index is 600. The van der Waals surface area contributed by atoms with Crippen LogP contribution in [0.1, 0.15) is 25.1 Å². The summed E-state index contributed by atoms with van der Waals surface area (Å²) in [6.45, 7) is 4.54. The molecule has 2 aromatic heterocycles. The second kappa shape index (κ2) is 6.98. The second-order valence-electron chi connectivity index (χ2n) is 4.85. The van der Waals surface area contributed by atoms with Crippen LogP contribution in [0.5, 0.6) is 0 Å². The van der Waals surface area contributed by atoms with E-state index in [-0.39, 0.29) is 6.54 Å². The fourth-order valence-electron chi connectivity index (χ4n) is 2.03. The van der Waals surface area contributed by atoms with Gasteiger partial charge in [-0.3, -0.25) is 0 Å². The Balaban J connectivity index is 2.45. The third-order valence-corrected chi connectivity index (χ3v) is 4.25. The van der Waals surface area contributed by atoms with E-state index >= 15 is 0 Å². The maximum Gasteiger partial charge on any atom is 0.255 e. The maximum absolute atomic E-state index is 12.6. The molecule has 0 bridgehead atoms. The molecule has 0 saturated heterocycles. The lowest BCUT2D eigenvalue weighted by atomic mass is 10.3. The monoisotopic (exact) mass is 314 g/mol. The third-order valence-electron chi connectivity index (χ3n) is 3.08. The van der Waals surface area contributed by atoms with Crippen molar-refractivity contribution in [3.05, 3.63) is 10.9 Å². The Morgan fingerprint density at radius 1 is 1.33 bits per heavy atom. The minimum atomic E-state index is -2.39. The molecule has 1 N–H and O–H groups in total. The summed E-state index contributed by atoms with van der Waals surface area (Å²) >= 11 is 1.59. The normalized spacial score (nSPS) is 11.3. The van der Waals surface area contributed by atoms with Crippen LogP contribution in [0.25, 0.3) is 10.2 Å². The smallest absolute Gasteiger partial charge is 0.255 e. The van der Waals surface area contributed by atoms with Crippen LogP contribution in [0, 0.1) is 0 Å². The molecular formula is C14H20F2N4S. The van der Waals surface area contributed by atoms with Crippen LogP contribution in [0.3, 0.4) is 0 Å². The number of anilines is 2. The Hall–Kier alpha value is -1.50. The summed E-state index contributed by atoms with van der Waals surface area (Å²) in [4.78, 5) is 12.4. The van der Waals surface area contributed by atoms with E-state index in [1.165, 1.54) is 9.78 Å². The van der Waals surface area contributed by atoms with Crippen LogP contribution >= 0.6 is 11.3 Å². The molecule has 0 aliphatic rings. The summed E-state index contributed by atoms with van der Waals surface area (Å²) in [6.07, 6.45) is -0.540. The first-order chi connectivity index (χ1) is 10.0. The fraction of sp³-hybridized carbons (Fsp3) is 0.571. The topological polar surface area (TPSA) is 41.1 Å². The zero-order valence-corrected chi connectivity index (χ0v) is 13.3. The minimum absolute atomic E-state index is 0.337. The molecule has 7 heteroatoms. The molecule has 0 unspecified atom stereocenters. The van der Waals surface area contributed by atoms with E-state index < -0.39 is 6.43 Å². The molecule has 116 valence electrons. The quantitative estimate of drug-likeness (QED) is 0.844.